The molecule has 0 aliphatic heterocycles. The van der Waals surface area contributed by atoms with E-state index in [2.05, 4.69) is 35.8 Å². The summed E-state index contributed by atoms with van der Waals surface area (Å²) >= 11 is 9.58. The van der Waals surface area contributed by atoms with Crippen LogP contribution in [0.3, 0.4) is 0 Å². The van der Waals surface area contributed by atoms with Crippen LogP contribution < -0.4 is 5.32 Å². The number of nitrogens with one attached hydrogen (secondary N) is 1. The quantitative estimate of drug-likeness (QED) is 0.486. The van der Waals surface area contributed by atoms with Crippen molar-refractivity contribution in [3.8, 4) is 0 Å². The van der Waals surface area contributed by atoms with Crippen LogP contribution in [-0.4, -0.2) is 6.54 Å². The average molecular weight is 342 g/mol. The fourth-order valence-corrected chi connectivity index (χ4v) is 4.48. The third kappa shape index (κ3) is 5.74. The van der Waals surface area contributed by atoms with Crippen LogP contribution in [-0.2, 0) is 0 Å². The SMILES string of the molecule is CCCCCCCCNC(c1cccs1)c1ccc(Cl)s1. The van der Waals surface area contributed by atoms with Crippen molar-refractivity contribution in [1.82, 2.24) is 5.32 Å². The van der Waals surface area contributed by atoms with Crippen LogP contribution in [0.2, 0.25) is 4.34 Å². The normalized spacial score (nSPS) is 12.7. The van der Waals surface area contributed by atoms with E-state index < -0.39 is 0 Å². The zero-order valence-corrected chi connectivity index (χ0v) is 15.0. The molecule has 2 aromatic rings. The first kappa shape index (κ1) is 17.0. The van der Waals surface area contributed by atoms with Gasteiger partial charge in [0.25, 0.3) is 0 Å². The van der Waals surface area contributed by atoms with Crippen LogP contribution in [0.4, 0.5) is 0 Å². The van der Waals surface area contributed by atoms with E-state index in [0.29, 0.717) is 6.04 Å². The summed E-state index contributed by atoms with van der Waals surface area (Å²) in [5.74, 6) is 0. The second-order valence-corrected chi connectivity index (χ2v) is 8.04. The van der Waals surface area contributed by atoms with Crippen molar-refractivity contribution in [3.05, 3.63) is 43.7 Å². The highest BCUT2D eigenvalue weighted by Crippen LogP contribution is 2.33. The Labute approximate surface area is 141 Å². The number of hydrogen-bond acceptors (Lipinski definition) is 3. The van der Waals surface area contributed by atoms with E-state index >= 15 is 0 Å². The molecule has 0 aliphatic carbocycles. The van der Waals surface area contributed by atoms with Crippen molar-refractivity contribution in [3.63, 3.8) is 0 Å². The molecule has 21 heavy (non-hydrogen) atoms. The maximum atomic E-state index is 6.09. The van der Waals surface area contributed by atoms with E-state index in [-0.39, 0.29) is 0 Å². The first-order chi connectivity index (χ1) is 10.3. The second kappa shape index (κ2) is 9.62. The summed E-state index contributed by atoms with van der Waals surface area (Å²) in [6.45, 7) is 3.34. The predicted octanol–water partition coefficient (Wildman–Crippen LogP) is 6.50. The Morgan fingerprint density at radius 1 is 1.05 bits per heavy atom. The topological polar surface area (TPSA) is 12.0 Å². The summed E-state index contributed by atoms with van der Waals surface area (Å²) in [4.78, 5) is 2.69. The molecular weight excluding hydrogens is 318 g/mol. The first-order valence-corrected chi connectivity index (χ1v) is 9.90. The molecule has 1 nitrogen and oxygen atoms in total. The Morgan fingerprint density at radius 3 is 2.52 bits per heavy atom. The zero-order chi connectivity index (χ0) is 14.9. The molecule has 0 fully saturated rings. The standard InChI is InChI=1S/C17H24ClNS2/c1-2-3-4-5-6-7-12-19-17(14-9-8-13-20-14)15-10-11-16(18)21-15/h8-11,13,17,19H,2-7,12H2,1H3. The molecule has 0 bridgehead atoms. The molecule has 0 aromatic carbocycles. The molecular formula is C17H24ClNS2. The van der Waals surface area contributed by atoms with Gasteiger partial charge in [0.1, 0.15) is 0 Å². The zero-order valence-electron chi connectivity index (χ0n) is 12.6. The molecule has 2 rings (SSSR count). The molecule has 2 heterocycles. The van der Waals surface area contributed by atoms with Gasteiger partial charge in [-0.1, -0.05) is 56.7 Å². The smallest absolute Gasteiger partial charge is 0.0931 e. The van der Waals surface area contributed by atoms with Gasteiger partial charge in [-0.2, -0.15) is 0 Å². The third-order valence-corrected chi connectivity index (χ3v) is 5.82. The van der Waals surface area contributed by atoms with Gasteiger partial charge in [-0.25, -0.2) is 0 Å². The number of rotatable bonds is 10. The molecule has 0 amide bonds. The van der Waals surface area contributed by atoms with Crippen LogP contribution in [0, 0.1) is 0 Å². The minimum Gasteiger partial charge on any atom is -0.305 e. The minimum atomic E-state index is 0.304. The number of unbranched alkanes of at least 4 members (excludes halogenated alkanes) is 5. The highest BCUT2D eigenvalue weighted by atomic mass is 35.5. The van der Waals surface area contributed by atoms with Crippen molar-refractivity contribution in [1.29, 1.82) is 0 Å². The lowest BCUT2D eigenvalue weighted by Crippen LogP contribution is -2.22. The summed E-state index contributed by atoms with van der Waals surface area (Å²) in [7, 11) is 0. The fraction of sp³-hybridized carbons (Fsp3) is 0.529. The number of hydrogen-bond donors (Lipinski definition) is 1. The van der Waals surface area contributed by atoms with Gasteiger partial charge in [-0.15, -0.1) is 22.7 Å². The number of halogens is 1. The average Bonchev–Trinajstić information content (AvgIpc) is 3.14. The second-order valence-electron chi connectivity index (χ2n) is 5.31. The Morgan fingerprint density at radius 2 is 1.86 bits per heavy atom. The molecule has 116 valence electrons. The lowest BCUT2D eigenvalue weighted by molar-refractivity contribution is 0.549. The summed E-state index contributed by atoms with van der Waals surface area (Å²) in [6.07, 6.45) is 8.02. The molecule has 0 saturated heterocycles. The monoisotopic (exact) mass is 341 g/mol. The first-order valence-electron chi connectivity index (χ1n) is 7.83. The number of thiophene rings is 2. The Kier molecular flexibility index (Phi) is 7.80. The predicted molar refractivity (Wildman–Crippen MR) is 96.9 cm³/mol. The highest BCUT2D eigenvalue weighted by Gasteiger charge is 2.16. The Bertz CT molecular complexity index is 493. The molecule has 1 unspecified atom stereocenters. The van der Waals surface area contributed by atoms with Gasteiger partial charge in [0.05, 0.1) is 10.4 Å². The molecule has 0 radical (unpaired) electrons. The van der Waals surface area contributed by atoms with Crippen molar-refractivity contribution >= 4 is 34.3 Å². The highest BCUT2D eigenvalue weighted by molar-refractivity contribution is 7.16. The van der Waals surface area contributed by atoms with Crippen LogP contribution in [0.15, 0.2) is 29.6 Å². The van der Waals surface area contributed by atoms with E-state index in [1.165, 1.54) is 48.3 Å². The van der Waals surface area contributed by atoms with E-state index in [1.54, 1.807) is 11.3 Å². The molecule has 0 saturated carbocycles. The molecule has 0 aliphatic rings. The largest absolute Gasteiger partial charge is 0.305 e. The van der Waals surface area contributed by atoms with Gasteiger partial charge >= 0.3 is 0 Å². The molecule has 0 spiro atoms. The van der Waals surface area contributed by atoms with E-state index in [0.717, 1.165) is 10.9 Å². The van der Waals surface area contributed by atoms with Crippen molar-refractivity contribution < 1.29 is 0 Å². The fourth-order valence-electron chi connectivity index (χ4n) is 2.43. The summed E-state index contributed by atoms with van der Waals surface area (Å²) in [6, 6.07) is 8.77. The lowest BCUT2D eigenvalue weighted by Gasteiger charge is -2.16. The Hall–Kier alpha value is -0.350. The van der Waals surface area contributed by atoms with Crippen LogP contribution >= 0.6 is 34.3 Å². The van der Waals surface area contributed by atoms with Crippen LogP contribution in [0.25, 0.3) is 0 Å². The van der Waals surface area contributed by atoms with Gasteiger partial charge in [0, 0.05) is 9.75 Å². The molecule has 1 atom stereocenters. The van der Waals surface area contributed by atoms with Crippen LogP contribution in [0.5, 0.6) is 0 Å². The maximum absolute atomic E-state index is 6.09. The summed E-state index contributed by atoms with van der Waals surface area (Å²) < 4.78 is 0.868. The van der Waals surface area contributed by atoms with Crippen LogP contribution in [0.1, 0.15) is 61.2 Å². The van der Waals surface area contributed by atoms with Gasteiger partial charge in [0.2, 0.25) is 0 Å². The third-order valence-electron chi connectivity index (χ3n) is 3.58. The van der Waals surface area contributed by atoms with Gasteiger partial charge in [-0.05, 0) is 36.5 Å². The van der Waals surface area contributed by atoms with Gasteiger partial charge in [0.15, 0.2) is 0 Å². The Balaban J connectivity index is 1.81. The van der Waals surface area contributed by atoms with Crippen molar-refractivity contribution in [2.45, 2.75) is 51.5 Å². The molecule has 2 aromatic heterocycles. The van der Waals surface area contributed by atoms with Crippen molar-refractivity contribution in [2.24, 2.45) is 0 Å². The minimum absolute atomic E-state index is 0.304. The van der Waals surface area contributed by atoms with E-state index in [1.807, 2.05) is 17.4 Å². The van der Waals surface area contributed by atoms with E-state index in [9.17, 15) is 0 Å². The molecule has 1 N–H and O–H groups in total. The molecule has 4 heteroatoms. The summed E-state index contributed by atoms with van der Waals surface area (Å²) in [5.41, 5.74) is 0. The van der Waals surface area contributed by atoms with Gasteiger partial charge < -0.3 is 5.32 Å². The van der Waals surface area contributed by atoms with E-state index in [4.69, 9.17) is 11.6 Å². The maximum Gasteiger partial charge on any atom is 0.0931 e. The summed E-state index contributed by atoms with van der Waals surface area (Å²) in [5, 5.41) is 5.85. The van der Waals surface area contributed by atoms with Gasteiger partial charge in [-0.3, -0.25) is 0 Å². The van der Waals surface area contributed by atoms with Crippen molar-refractivity contribution in [2.75, 3.05) is 6.54 Å². The lowest BCUT2D eigenvalue weighted by atomic mass is 10.1.